The molecule has 0 radical (unpaired) electrons. The van der Waals surface area contributed by atoms with Crippen LogP contribution in [0, 0.1) is 18.5 Å². The number of nitrogens with two attached hydrogens (primary N) is 1. The summed E-state index contributed by atoms with van der Waals surface area (Å²) in [6.45, 7) is 0. The average Bonchev–Trinajstić information content (AvgIpc) is 2.57. The average molecular weight is 561 g/mol. The number of hydrogen-bond acceptors (Lipinski definition) is 5. The van der Waals surface area contributed by atoms with E-state index in [1.165, 1.54) is 0 Å². The number of carbonyl (C=O) groups is 1. The van der Waals surface area contributed by atoms with Crippen LogP contribution in [0.5, 0.6) is 5.75 Å². The van der Waals surface area contributed by atoms with Gasteiger partial charge in [-0.15, -0.1) is 0 Å². The Bertz CT molecular complexity index is 868. The largest absolute Gasteiger partial charge is 0.495 e. The van der Waals surface area contributed by atoms with E-state index in [0.29, 0.717) is 29.1 Å². The Hall–Kier alpha value is -1.28. The van der Waals surface area contributed by atoms with Crippen LogP contribution in [0.1, 0.15) is 30.7 Å². The van der Waals surface area contributed by atoms with Crippen molar-refractivity contribution in [3.05, 3.63) is 47.5 Å². The molecule has 0 spiro atoms. The highest BCUT2D eigenvalue weighted by Gasteiger charge is 2.40. The third-order valence-electron chi connectivity index (χ3n) is 4.72. The molecule has 0 unspecified atom stereocenters. The number of nitrogens with zero attached hydrogens (tertiary/aromatic N) is 2. The molecule has 25 heavy (non-hydrogen) atoms. The van der Waals surface area contributed by atoms with Crippen LogP contribution in [0.4, 0.5) is 0 Å². The van der Waals surface area contributed by atoms with Gasteiger partial charge in [0.15, 0.2) is 5.78 Å². The molecule has 130 valence electrons. The zero-order chi connectivity index (χ0) is 18.3. The van der Waals surface area contributed by atoms with Crippen molar-refractivity contribution >= 4 is 51.0 Å². The maximum Gasteiger partial charge on any atom is 0.161 e. The van der Waals surface area contributed by atoms with Crippen molar-refractivity contribution < 1.29 is 9.53 Å². The standard InChI is InChI=1S/C18H17I2N3O2/c1-23-13-4-3-5-14(24)16(13)15(11(8-21)18(23)22)10-6-9(19)7-12(20)17(10)25-2/h6-7,15H,3-5,22H2,1-2H3/t15-/m1/s1. The highest BCUT2D eigenvalue weighted by Crippen LogP contribution is 2.47. The first-order valence-corrected chi connectivity index (χ1v) is 9.99. The normalized spacial score (nSPS) is 20.5. The van der Waals surface area contributed by atoms with Crippen molar-refractivity contribution in [3.8, 4) is 11.8 Å². The molecule has 3 rings (SSSR count). The molecule has 0 bridgehead atoms. The third kappa shape index (κ3) is 3.03. The molecule has 1 aliphatic carbocycles. The van der Waals surface area contributed by atoms with Crippen molar-refractivity contribution in [2.24, 2.45) is 5.73 Å². The van der Waals surface area contributed by atoms with Crippen LogP contribution in [-0.4, -0.2) is 24.8 Å². The van der Waals surface area contributed by atoms with Gasteiger partial charge in [0.05, 0.1) is 28.2 Å². The van der Waals surface area contributed by atoms with Crippen LogP contribution < -0.4 is 10.5 Å². The van der Waals surface area contributed by atoms with Gasteiger partial charge in [0.1, 0.15) is 11.6 Å². The minimum absolute atomic E-state index is 0.0919. The van der Waals surface area contributed by atoms with Gasteiger partial charge >= 0.3 is 0 Å². The zero-order valence-corrected chi connectivity index (χ0v) is 18.2. The SMILES string of the molecule is COc1c(I)cc(I)cc1[C@@H]1C(C#N)=C(N)N(C)C2=C1C(=O)CCC2. The van der Waals surface area contributed by atoms with Gasteiger partial charge in [-0.05, 0) is 70.2 Å². The highest BCUT2D eigenvalue weighted by atomic mass is 127. The lowest BCUT2D eigenvalue weighted by molar-refractivity contribution is -0.116. The Balaban J connectivity index is 2.34. The third-order valence-corrected chi connectivity index (χ3v) is 6.15. The molecule has 0 aromatic heterocycles. The second-order valence-electron chi connectivity index (χ2n) is 6.05. The number of halogens is 2. The van der Waals surface area contributed by atoms with Crippen molar-refractivity contribution in [3.63, 3.8) is 0 Å². The van der Waals surface area contributed by atoms with Crippen LogP contribution >= 0.6 is 45.2 Å². The van der Waals surface area contributed by atoms with Crippen molar-refractivity contribution in [2.75, 3.05) is 14.2 Å². The maximum atomic E-state index is 12.8. The molecule has 1 atom stereocenters. The summed E-state index contributed by atoms with van der Waals surface area (Å²) in [4.78, 5) is 14.6. The first-order valence-electron chi connectivity index (χ1n) is 7.83. The minimum Gasteiger partial charge on any atom is -0.495 e. The fourth-order valence-electron chi connectivity index (χ4n) is 3.58. The van der Waals surface area contributed by atoms with E-state index < -0.39 is 5.92 Å². The molecule has 0 amide bonds. The number of nitriles is 1. The number of methoxy groups -OCH3 is 1. The van der Waals surface area contributed by atoms with Crippen molar-refractivity contribution in [1.29, 1.82) is 5.26 Å². The Labute approximate surface area is 174 Å². The minimum atomic E-state index is -0.470. The van der Waals surface area contributed by atoms with Crippen LogP contribution in [0.25, 0.3) is 0 Å². The summed E-state index contributed by atoms with van der Waals surface area (Å²) in [5.74, 6) is 0.731. The summed E-state index contributed by atoms with van der Waals surface area (Å²) in [7, 11) is 3.44. The Kier molecular flexibility index (Phi) is 5.29. The quantitative estimate of drug-likeness (QED) is 0.559. The summed E-state index contributed by atoms with van der Waals surface area (Å²) in [5.41, 5.74) is 9.13. The van der Waals surface area contributed by atoms with Gasteiger partial charge in [0.25, 0.3) is 0 Å². The molecule has 0 saturated carbocycles. The van der Waals surface area contributed by atoms with Gasteiger partial charge in [0.2, 0.25) is 0 Å². The van der Waals surface area contributed by atoms with Crippen molar-refractivity contribution in [2.45, 2.75) is 25.2 Å². The summed E-state index contributed by atoms with van der Waals surface area (Å²) in [6.07, 6.45) is 2.10. The number of ketones is 1. The molecule has 5 nitrogen and oxygen atoms in total. The Morgan fingerprint density at radius 3 is 2.72 bits per heavy atom. The number of ether oxygens (including phenoxy) is 1. The molecule has 1 aromatic rings. The van der Waals surface area contributed by atoms with Gasteiger partial charge < -0.3 is 15.4 Å². The summed E-state index contributed by atoms with van der Waals surface area (Å²) in [5, 5.41) is 9.80. The number of hydrogen-bond donors (Lipinski definition) is 1. The monoisotopic (exact) mass is 561 g/mol. The van der Waals surface area contributed by atoms with Crippen LogP contribution in [-0.2, 0) is 4.79 Å². The van der Waals surface area contributed by atoms with E-state index in [0.717, 1.165) is 31.2 Å². The second-order valence-corrected chi connectivity index (χ2v) is 8.46. The number of Topliss-reactive ketones (excluding diaryl/α,β-unsaturated/α-hetero) is 1. The number of benzene rings is 1. The summed E-state index contributed by atoms with van der Waals surface area (Å²) >= 11 is 4.46. The van der Waals surface area contributed by atoms with E-state index in [4.69, 9.17) is 10.5 Å². The van der Waals surface area contributed by atoms with Gasteiger partial charge in [-0.3, -0.25) is 4.79 Å². The Morgan fingerprint density at radius 1 is 1.36 bits per heavy atom. The molecule has 1 aromatic carbocycles. The van der Waals surface area contributed by atoms with Crippen LogP contribution in [0.3, 0.4) is 0 Å². The van der Waals surface area contributed by atoms with Gasteiger partial charge in [-0.25, -0.2) is 0 Å². The predicted octanol–water partition coefficient (Wildman–Crippen LogP) is 3.63. The highest BCUT2D eigenvalue weighted by molar-refractivity contribution is 14.1. The molecule has 0 saturated heterocycles. The van der Waals surface area contributed by atoms with E-state index in [-0.39, 0.29) is 5.78 Å². The van der Waals surface area contributed by atoms with E-state index >= 15 is 0 Å². The van der Waals surface area contributed by atoms with Crippen LogP contribution in [0.15, 0.2) is 34.8 Å². The van der Waals surface area contributed by atoms with Gasteiger partial charge in [-0.1, -0.05) is 0 Å². The van der Waals surface area contributed by atoms with Crippen LogP contribution in [0.2, 0.25) is 0 Å². The van der Waals surface area contributed by atoms with Crippen molar-refractivity contribution in [1.82, 2.24) is 4.90 Å². The number of carbonyl (C=O) groups excluding carboxylic acids is 1. The molecule has 2 N–H and O–H groups in total. The fraction of sp³-hybridized carbons (Fsp3) is 0.333. The number of allylic oxidation sites excluding steroid dienone is 3. The first kappa shape index (κ1) is 18.5. The molecular formula is C18H17I2N3O2. The van der Waals surface area contributed by atoms with Gasteiger partial charge in [-0.2, -0.15) is 5.26 Å². The summed E-state index contributed by atoms with van der Waals surface area (Å²) < 4.78 is 7.60. The lowest BCUT2D eigenvalue weighted by Gasteiger charge is -2.38. The molecule has 1 heterocycles. The summed E-state index contributed by atoms with van der Waals surface area (Å²) in [6, 6.07) is 6.23. The molecule has 2 aliphatic rings. The van der Waals surface area contributed by atoms with E-state index in [2.05, 4.69) is 51.3 Å². The maximum absolute atomic E-state index is 12.8. The molecule has 7 heteroatoms. The molecule has 1 aliphatic heterocycles. The topological polar surface area (TPSA) is 79.3 Å². The number of rotatable bonds is 2. The van der Waals surface area contributed by atoms with E-state index in [1.54, 1.807) is 12.0 Å². The lowest BCUT2D eigenvalue weighted by Crippen LogP contribution is -2.36. The predicted molar refractivity (Wildman–Crippen MR) is 112 cm³/mol. The first-order chi connectivity index (χ1) is 11.9. The lowest BCUT2D eigenvalue weighted by atomic mass is 9.75. The second kappa shape index (κ2) is 7.15. The smallest absolute Gasteiger partial charge is 0.161 e. The van der Waals surface area contributed by atoms with E-state index in [1.807, 2.05) is 19.2 Å². The van der Waals surface area contributed by atoms with Gasteiger partial charge in [0, 0.05) is 33.9 Å². The fourth-order valence-corrected chi connectivity index (χ4v) is 5.69. The molecule has 0 fully saturated rings. The zero-order valence-electron chi connectivity index (χ0n) is 13.9. The Morgan fingerprint density at radius 2 is 2.08 bits per heavy atom. The van der Waals surface area contributed by atoms with E-state index in [9.17, 15) is 10.1 Å². The molecular weight excluding hydrogens is 544 g/mol.